The fourth-order valence-electron chi connectivity index (χ4n) is 3.73. The van der Waals surface area contributed by atoms with Crippen molar-refractivity contribution in [2.75, 3.05) is 13.2 Å². The smallest absolute Gasteiger partial charge is 0.314 e. The van der Waals surface area contributed by atoms with Crippen LogP contribution in [-0.2, 0) is 15.9 Å². The summed E-state index contributed by atoms with van der Waals surface area (Å²) in [6.45, 7) is 3.76. The number of aliphatic carboxylic acids is 1. The van der Waals surface area contributed by atoms with Gasteiger partial charge in [-0.3, -0.25) is 4.79 Å². The maximum atomic E-state index is 14.9. The molecular weight excluding hydrogens is 299 g/mol. The minimum absolute atomic E-state index is 0.394. The summed E-state index contributed by atoms with van der Waals surface area (Å²) in [7, 11) is 0. The van der Waals surface area contributed by atoms with Crippen molar-refractivity contribution in [3.8, 4) is 11.5 Å². The fraction of sp³-hybridized carbons (Fsp3) is 0.611. The Kier molecular flexibility index (Phi) is 3.98. The molecule has 1 aliphatic carbocycles. The first kappa shape index (κ1) is 16.1. The Morgan fingerprint density at radius 1 is 1.13 bits per heavy atom. The summed E-state index contributed by atoms with van der Waals surface area (Å²) in [5.74, 6) is 0.141. The number of hydrogen-bond donors (Lipinski definition) is 1. The Morgan fingerprint density at radius 3 is 2.22 bits per heavy atom. The Hall–Kier alpha value is -1.78. The first-order chi connectivity index (χ1) is 10.8. The fourth-order valence-corrected chi connectivity index (χ4v) is 3.73. The van der Waals surface area contributed by atoms with Crippen LogP contribution < -0.4 is 9.47 Å². The minimum Gasteiger partial charge on any atom is -0.486 e. The molecule has 1 aliphatic heterocycles. The lowest BCUT2D eigenvalue weighted by Crippen LogP contribution is -2.40. The minimum atomic E-state index is -1.65. The molecule has 5 heteroatoms. The van der Waals surface area contributed by atoms with E-state index in [0.29, 0.717) is 48.7 Å². The Morgan fingerprint density at radius 2 is 1.70 bits per heavy atom. The van der Waals surface area contributed by atoms with Gasteiger partial charge >= 0.3 is 5.97 Å². The van der Waals surface area contributed by atoms with Crippen LogP contribution >= 0.6 is 0 Å². The van der Waals surface area contributed by atoms with Gasteiger partial charge in [0.25, 0.3) is 0 Å². The van der Waals surface area contributed by atoms with Crippen molar-refractivity contribution in [3.63, 3.8) is 0 Å². The van der Waals surface area contributed by atoms with Crippen LogP contribution in [0.5, 0.6) is 11.5 Å². The summed E-state index contributed by atoms with van der Waals surface area (Å²) in [5.41, 5.74) is -1.75. The summed E-state index contributed by atoms with van der Waals surface area (Å²) < 4.78 is 26.0. The number of halogens is 1. The molecule has 0 radical (unpaired) electrons. The molecule has 0 aromatic heterocycles. The maximum absolute atomic E-state index is 14.9. The lowest BCUT2D eigenvalue weighted by molar-refractivity contribution is -0.145. The normalized spacial score (nSPS) is 20.1. The van der Waals surface area contributed by atoms with E-state index >= 15 is 0 Å². The molecule has 2 aliphatic rings. The van der Waals surface area contributed by atoms with E-state index in [9.17, 15) is 14.3 Å². The summed E-state index contributed by atoms with van der Waals surface area (Å²) in [4.78, 5) is 12.1. The molecule has 1 N–H and O–H groups in total. The van der Waals surface area contributed by atoms with Crippen LogP contribution in [0.3, 0.4) is 0 Å². The number of rotatable bonds is 3. The van der Waals surface area contributed by atoms with E-state index in [2.05, 4.69) is 0 Å². The van der Waals surface area contributed by atoms with Crippen molar-refractivity contribution in [3.05, 3.63) is 23.3 Å². The van der Waals surface area contributed by atoms with Crippen molar-refractivity contribution in [1.29, 1.82) is 0 Å². The van der Waals surface area contributed by atoms with Gasteiger partial charge in [-0.05, 0) is 49.9 Å². The van der Waals surface area contributed by atoms with Gasteiger partial charge in [-0.1, -0.05) is 19.3 Å². The predicted molar refractivity (Wildman–Crippen MR) is 84.0 cm³/mol. The van der Waals surface area contributed by atoms with Crippen LogP contribution in [0, 0.1) is 0 Å². The van der Waals surface area contributed by atoms with E-state index in [1.54, 1.807) is 12.1 Å². The number of carboxylic acid groups (broad SMARTS) is 1. The highest BCUT2D eigenvalue weighted by Crippen LogP contribution is 2.48. The zero-order chi connectivity index (χ0) is 16.7. The molecule has 23 heavy (non-hydrogen) atoms. The molecule has 126 valence electrons. The van der Waals surface area contributed by atoms with Crippen LogP contribution in [0.4, 0.5) is 4.39 Å². The van der Waals surface area contributed by atoms with Gasteiger partial charge in [0.05, 0.1) is 5.41 Å². The van der Waals surface area contributed by atoms with Crippen molar-refractivity contribution in [2.45, 2.75) is 57.0 Å². The molecular formula is C18H23FO4. The van der Waals surface area contributed by atoms with E-state index in [4.69, 9.17) is 9.47 Å². The lowest BCUT2D eigenvalue weighted by atomic mass is 9.66. The van der Waals surface area contributed by atoms with Gasteiger partial charge in [0.2, 0.25) is 0 Å². The zero-order valence-corrected chi connectivity index (χ0v) is 13.7. The van der Waals surface area contributed by atoms with Crippen LogP contribution in [0.15, 0.2) is 12.1 Å². The highest BCUT2D eigenvalue weighted by Gasteiger charge is 2.45. The Bertz CT molecular complexity index is 612. The molecule has 1 saturated carbocycles. The molecule has 3 rings (SSSR count). The molecule has 1 aromatic rings. The van der Waals surface area contributed by atoms with Gasteiger partial charge in [-0.15, -0.1) is 0 Å². The first-order valence-corrected chi connectivity index (χ1v) is 8.21. The van der Waals surface area contributed by atoms with Crippen LogP contribution in [0.2, 0.25) is 0 Å². The third-order valence-corrected chi connectivity index (χ3v) is 4.95. The highest BCUT2D eigenvalue weighted by molar-refractivity contribution is 5.83. The number of hydrogen-bond acceptors (Lipinski definition) is 3. The SMILES string of the molecule is CC(C)(F)c1cc2c(cc1C1(C(=O)O)CCCCC1)OCCO2. The number of carboxylic acids is 1. The van der Waals surface area contributed by atoms with E-state index < -0.39 is 17.1 Å². The average Bonchev–Trinajstić information content (AvgIpc) is 2.53. The van der Waals surface area contributed by atoms with Gasteiger partial charge < -0.3 is 14.6 Å². The molecule has 0 unspecified atom stereocenters. The number of alkyl halides is 1. The largest absolute Gasteiger partial charge is 0.486 e. The second kappa shape index (κ2) is 5.69. The van der Waals surface area contributed by atoms with Gasteiger partial charge in [-0.25, -0.2) is 4.39 Å². The van der Waals surface area contributed by atoms with E-state index in [1.807, 2.05) is 0 Å². The Labute approximate surface area is 135 Å². The second-order valence-corrected chi connectivity index (χ2v) is 6.96. The van der Waals surface area contributed by atoms with Crippen LogP contribution in [0.1, 0.15) is 57.1 Å². The van der Waals surface area contributed by atoms with Gasteiger partial charge in [0, 0.05) is 0 Å². The number of carbonyl (C=O) groups is 1. The van der Waals surface area contributed by atoms with Gasteiger partial charge in [-0.2, -0.15) is 0 Å². The highest BCUT2D eigenvalue weighted by atomic mass is 19.1. The molecule has 1 fully saturated rings. The number of benzene rings is 1. The first-order valence-electron chi connectivity index (χ1n) is 8.21. The van der Waals surface area contributed by atoms with E-state index in [-0.39, 0.29) is 0 Å². The van der Waals surface area contributed by atoms with Gasteiger partial charge in [0.1, 0.15) is 18.9 Å². The topological polar surface area (TPSA) is 55.8 Å². The summed E-state index contributed by atoms with van der Waals surface area (Å²) in [6.07, 6.45) is 3.77. The quantitative estimate of drug-likeness (QED) is 0.915. The van der Waals surface area contributed by atoms with E-state index in [0.717, 1.165) is 19.3 Å². The Balaban J connectivity index is 2.21. The zero-order valence-electron chi connectivity index (χ0n) is 13.7. The third kappa shape index (κ3) is 2.77. The molecule has 0 atom stereocenters. The molecule has 4 nitrogen and oxygen atoms in total. The molecule has 1 heterocycles. The van der Waals surface area contributed by atoms with Crippen molar-refractivity contribution in [2.24, 2.45) is 0 Å². The predicted octanol–water partition coefficient (Wildman–Crippen LogP) is 3.95. The average molecular weight is 322 g/mol. The molecule has 0 bridgehead atoms. The second-order valence-electron chi connectivity index (χ2n) is 6.96. The van der Waals surface area contributed by atoms with Gasteiger partial charge in [0.15, 0.2) is 11.5 Å². The number of ether oxygens (including phenoxy) is 2. The van der Waals surface area contributed by atoms with E-state index in [1.165, 1.54) is 13.8 Å². The third-order valence-electron chi connectivity index (χ3n) is 4.95. The number of fused-ring (bicyclic) bond motifs is 1. The van der Waals surface area contributed by atoms with Crippen molar-refractivity contribution < 1.29 is 23.8 Å². The molecule has 0 saturated heterocycles. The molecule has 0 amide bonds. The molecule has 0 spiro atoms. The van der Waals surface area contributed by atoms with Crippen molar-refractivity contribution in [1.82, 2.24) is 0 Å². The summed E-state index contributed by atoms with van der Waals surface area (Å²) in [6, 6.07) is 3.33. The lowest BCUT2D eigenvalue weighted by Gasteiger charge is -2.37. The maximum Gasteiger partial charge on any atom is 0.314 e. The monoisotopic (exact) mass is 322 g/mol. The van der Waals surface area contributed by atoms with Crippen LogP contribution in [0.25, 0.3) is 0 Å². The van der Waals surface area contributed by atoms with Crippen molar-refractivity contribution >= 4 is 5.97 Å². The summed E-state index contributed by atoms with van der Waals surface area (Å²) >= 11 is 0. The van der Waals surface area contributed by atoms with Crippen LogP contribution in [-0.4, -0.2) is 24.3 Å². The summed E-state index contributed by atoms with van der Waals surface area (Å²) in [5, 5.41) is 9.94. The standard InChI is InChI=1S/C18H23FO4/c1-17(2,19)12-10-14-15(23-9-8-22-14)11-13(12)18(16(20)21)6-4-3-5-7-18/h10-11H,3-9H2,1-2H3,(H,20,21). The molecule has 1 aromatic carbocycles.